The van der Waals surface area contributed by atoms with E-state index in [0.29, 0.717) is 38.8 Å². The third-order valence-electron chi connectivity index (χ3n) is 5.74. The van der Waals surface area contributed by atoms with E-state index < -0.39 is 5.97 Å². The fraction of sp³-hybridized carbons (Fsp3) is 0.107. The lowest BCUT2D eigenvalue weighted by atomic mass is 10.0. The number of thiophene rings is 1. The molecule has 0 amide bonds. The van der Waals surface area contributed by atoms with Crippen LogP contribution >= 0.6 is 11.3 Å². The maximum absolute atomic E-state index is 13.6. The highest BCUT2D eigenvalue weighted by Gasteiger charge is 2.23. The molecule has 7 heteroatoms. The largest absolute Gasteiger partial charge is 0.497 e. The van der Waals surface area contributed by atoms with Gasteiger partial charge in [-0.1, -0.05) is 24.3 Å². The molecule has 0 saturated heterocycles. The highest BCUT2D eigenvalue weighted by Crippen LogP contribution is 2.43. The second-order valence-corrected chi connectivity index (χ2v) is 8.99. The molecule has 0 aliphatic heterocycles. The third kappa shape index (κ3) is 4.22. The van der Waals surface area contributed by atoms with Gasteiger partial charge in [-0.3, -0.25) is 9.78 Å². The SMILES string of the molecule is COC(=O)c1cnc2cc(Oc3c(C(=O)c4ccccc4C)sc4cc(OC)ccc34)ccc2c1. The molecule has 3 aromatic carbocycles. The van der Waals surface area contributed by atoms with E-state index in [9.17, 15) is 9.59 Å². The van der Waals surface area contributed by atoms with Crippen molar-refractivity contribution in [1.82, 2.24) is 4.98 Å². The van der Waals surface area contributed by atoms with Gasteiger partial charge in [0, 0.05) is 33.3 Å². The number of hydrogen-bond acceptors (Lipinski definition) is 7. The van der Waals surface area contributed by atoms with Crippen LogP contribution in [0.15, 0.2) is 72.9 Å². The van der Waals surface area contributed by atoms with Crippen LogP contribution in [-0.4, -0.2) is 31.0 Å². The topological polar surface area (TPSA) is 74.7 Å². The lowest BCUT2D eigenvalue weighted by Gasteiger charge is -2.10. The lowest BCUT2D eigenvalue weighted by molar-refractivity contribution is 0.0600. The van der Waals surface area contributed by atoms with E-state index in [2.05, 4.69) is 4.98 Å². The molecule has 2 heterocycles. The summed E-state index contributed by atoms with van der Waals surface area (Å²) < 4.78 is 17.4. The Balaban J connectivity index is 1.60. The predicted octanol–water partition coefficient (Wildman–Crippen LogP) is 6.58. The summed E-state index contributed by atoms with van der Waals surface area (Å²) in [6.07, 6.45) is 1.47. The zero-order valence-electron chi connectivity index (χ0n) is 19.3. The molecule has 0 spiro atoms. The van der Waals surface area contributed by atoms with Gasteiger partial charge in [-0.2, -0.15) is 0 Å². The number of methoxy groups -OCH3 is 2. The van der Waals surface area contributed by atoms with Crippen molar-refractivity contribution < 1.29 is 23.8 Å². The number of aryl methyl sites for hydroxylation is 1. The van der Waals surface area contributed by atoms with Crippen molar-refractivity contribution >= 4 is 44.1 Å². The van der Waals surface area contributed by atoms with Crippen molar-refractivity contribution in [1.29, 1.82) is 0 Å². The van der Waals surface area contributed by atoms with Gasteiger partial charge in [-0.25, -0.2) is 4.79 Å². The van der Waals surface area contributed by atoms with Crippen molar-refractivity contribution in [2.45, 2.75) is 6.92 Å². The minimum absolute atomic E-state index is 0.0973. The van der Waals surface area contributed by atoms with Crippen molar-refractivity contribution in [3.05, 3.63) is 94.5 Å². The molecule has 0 fully saturated rings. The first-order chi connectivity index (χ1) is 17.0. The molecule has 0 N–H and O–H groups in total. The molecule has 5 aromatic rings. The van der Waals surface area contributed by atoms with Crippen molar-refractivity contribution in [2.24, 2.45) is 0 Å². The number of carbonyl (C=O) groups is 2. The minimum atomic E-state index is -0.445. The number of benzene rings is 3. The van der Waals surface area contributed by atoms with Crippen LogP contribution in [0.25, 0.3) is 21.0 Å². The predicted molar refractivity (Wildman–Crippen MR) is 136 cm³/mol. The van der Waals surface area contributed by atoms with Gasteiger partial charge in [0.25, 0.3) is 0 Å². The highest BCUT2D eigenvalue weighted by molar-refractivity contribution is 7.21. The van der Waals surface area contributed by atoms with E-state index in [0.717, 1.165) is 21.0 Å². The van der Waals surface area contributed by atoms with Crippen LogP contribution in [0.5, 0.6) is 17.2 Å². The average molecular weight is 484 g/mol. The molecule has 6 nitrogen and oxygen atoms in total. The summed E-state index contributed by atoms with van der Waals surface area (Å²) in [5.74, 6) is 1.19. The number of esters is 1. The Hall–Kier alpha value is -4.23. The van der Waals surface area contributed by atoms with Crippen molar-refractivity contribution in [3.8, 4) is 17.2 Å². The van der Waals surface area contributed by atoms with Gasteiger partial charge in [0.2, 0.25) is 5.78 Å². The molecule has 35 heavy (non-hydrogen) atoms. The van der Waals surface area contributed by atoms with Crippen LogP contribution in [0.2, 0.25) is 0 Å². The molecule has 2 aromatic heterocycles. The van der Waals surface area contributed by atoms with E-state index in [1.54, 1.807) is 25.3 Å². The number of nitrogens with zero attached hydrogens (tertiary/aromatic N) is 1. The number of hydrogen-bond donors (Lipinski definition) is 0. The molecule has 0 saturated carbocycles. The molecule has 0 radical (unpaired) electrons. The summed E-state index contributed by atoms with van der Waals surface area (Å²) in [6, 6.07) is 20.3. The number of aromatic nitrogens is 1. The van der Waals surface area contributed by atoms with E-state index >= 15 is 0 Å². The first-order valence-electron chi connectivity index (χ1n) is 10.9. The van der Waals surface area contributed by atoms with E-state index in [1.807, 2.05) is 55.5 Å². The zero-order chi connectivity index (χ0) is 24.5. The first-order valence-corrected chi connectivity index (χ1v) is 11.7. The summed E-state index contributed by atoms with van der Waals surface area (Å²) in [4.78, 5) is 30.3. The molecule has 0 atom stereocenters. The van der Waals surface area contributed by atoms with Crippen LogP contribution in [0.1, 0.15) is 31.2 Å². The molecular formula is C28H21NO5S. The van der Waals surface area contributed by atoms with Crippen LogP contribution in [-0.2, 0) is 4.74 Å². The number of ether oxygens (including phenoxy) is 3. The Bertz CT molecular complexity index is 1600. The van der Waals surface area contributed by atoms with Gasteiger partial charge in [0.05, 0.1) is 25.3 Å². The molecular weight excluding hydrogens is 462 g/mol. The molecule has 0 bridgehead atoms. The van der Waals surface area contributed by atoms with E-state index in [-0.39, 0.29) is 5.78 Å². The van der Waals surface area contributed by atoms with Gasteiger partial charge in [0.15, 0.2) is 5.75 Å². The average Bonchev–Trinajstić information content (AvgIpc) is 3.25. The van der Waals surface area contributed by atoms with Gasteiger partial charge in [-0.05, 0) is 48.9 Å². The quantitative estimate of drug-likeness (QED) is 0.201. The van der Waals surface area contributed by atoms with Crippen LogP contribution in [0.3, 0.4) is 0 Å². The smallest absolute Gasteiger partial charge is 0.339 e. The first kappa shape index (κ1) is 22.6. The molecule has 0 aliphatic rings. The molecule has 174 valence electrons. The maximum atomic E-state index is 13.6. The van der Waals surface area contributed by atoms with Gasteiger partial charge < -0.3 is 14.2 Å². The second kappa shape index (κ2) is 9.19. The van der Waals surface area contributed by atoms with E-state index in [4.69, 9.17) is 14.2 Å². The van der Waals surface area contributed by atoms with Crippen molar-refractivity contribution in [3.63, 3.8) is 0 Å². The Kier molecular flexibility index (Phi) is 5.93. The number of carbonyl (C=O) groups excluding carboxylic acids is 2. The van der Waals surface area contributed by atoms with Gasteiger partial charge in [0.1, 0.15) is 16.4 Å². The minimum Gasteiger partial charge on any atom is -0.497 e. The number of fused-ring (bicyclic) bond motifs is 2. The Labute approximate surface area is 205 Å². The highest BCUT2D eigenvalue weighted by atomic mass is 32.1. The zero-order valence-corrected chi connectivity index (χ0v) is 20.1. The Morgan fingerprint density at radius 3 is 2.49 bits per heavy atom. The Morgan fingerprint density at radius 1 is 0.914 bits per heavy atom. The summed E-state index contributed by atoms with van der Waals surface area (Å²) in [7, 11) is 2.94. The van der Waals surface area contributed by atoms with Gasteiger partial charge in [-0.15, -0.1) is 11.3 Å². The van der Waals surface area contributed by atoms with Crippen LogP contribution in [0.4, 0.5) is 0 Å². The molecule has 0 unspecified atom stereocenters. The van der Waals surface area contributed by atoms with Crippen LogP contribution < -0.4 is 9.47 Å². The van der Waals surface area contributed by atoms with E-state index in [1.165, 1.54) is 24.6 Å². The van der Waals surface area contributed by atoms with Gasteiger partial charge >= 0.3 is 5.97 Å². The summed E-state index contributed by atoms with van der Waals surface area (Å²) in [6.45, 7) is 1.92. The third-order valence-corrected chi connectivity index (χ3v) is 6.88. The monoisotopic (exact) mass is 483 g/mol. The fourth-order valence-corrected chi connectivity index (χ4v) is 5.01. The summed E-state index contributed by atoms with van der Waals surface area (Å²) >= 11 is 1.37. The number of pyridine rings is 1. The summed E-state index contributed by atoms with van der Waals surface area (Å²) in [5.41, 5.74) is 2.56. The summed E-state index contributed by atoms with van der Waals surface area (Å²) in [5, 5.41) is 1.60. The van der Waals surface area contributed by atoms with Crippen LogP contribution in [0, 0.1) is 6.92 Å². The lowest BCUT2D eigenvalue weighted by Crippen LogP contribution is -2.03. The standard InChI is InChI=1S/C28H21NO5S/c1-16-6-4-5-7-21(16)25(30)27-26(22-11-10-19(32-2)14-24(22)35-27)34-20-9-8-17-12-18(28(31)33-3)15-29-23(17)13-20/h4-15H,1-3H3. The van der Waals surface area contributed by atoms with Crippen molar-refractivity contribution in [2.75, 3.05) is 14.2 Å². The number of ketones is 1. The fourth-order valence-electron chi connectivity index (χ4n) is 3.89. The molecule has 0 aliphatic carbocycles. The Morgan fingerprint density at radius 2 is 1.71 bits per heavy atom. The second-order valence-electron chi connectivity index (χ2n) is 7.94. The number of rotatable bonds is 6. The maximum Gasteiger partial charge on any atom is 0.339 e. The molecule has 5 rings (SSSR count). The normalized spacial score (nSPS) is 10.9.